The lowest BCUT2D eigenvalue weighted by Gasteiger charge is -2.28. The van der Waals surface area contributed by atoms with E-state index < -0.39 is 0 Å². The fraction of sp³-hybridized carbons (Fsp3) is 0.933. The quantitative estimate of drug-likeness (QED) is 0.689. The van der Waals surface area contributed by atoms with E-state index in [1.54, 1.807) is 7.11 Å². The van der Waals surface area contributed by atoms with Crippen molar-refractivity contribution in [1.29, 1.82) is 0 Å². The van der Waals surface area contributed by atoms with Crippen LogP contribution in [0.3, 0.4) is 0 Å². The van der Waals surface area contributed by atoms with Gasteiger partial charge in [-0.3, -0.25) is 4.79 Å². The Kier molecular flexibility index (Phi) is 8.07. The van der Waals surface area contributed by atoms with Gasteiger partial charge < -0.3 is 15.2 Å². The van der Waals surface area contributed by atoms with Crippen LogP contribution in [-0.2, 0) is 14.3 Å². The number of nitrogens with two attached hydrogens (primary N) is 1. The highest BCUT2D eigenvalue weighted by Crippen LogP contribution is 2.24. The molecule has 3 unspecified atom stereocenters. The Morgan fingerprint density at radius 1 is 1.32 bits per heavy atom. The molecule has 4 heteroatoms. The van der Waals surface area contributed by atoms with E-state index in [2.05, 4.69) is 6.92 Å². The van der Waals surface area contributed by atoms with Crippen molar-refractivity contribution in [1.82, 2.24) is 0 Å². The zero-order valence-electron chi connectivity index (χ0n) is 12.4. The first kappa shape index (κ1) is 16.4. The number of rotatable bonds is 8. The number of hydrogen-bond donors (Lipinski definition) is 1. The lowest BCUT2D eigenvalue weighted by molar-refractivity contribution is -0.153. The molecule has 1 fully saturated rings. The Morgan fingerprint density at radius 3 is 2.68 bits per heavy atom. The van der Waals surface area contributed by atoms with Crippen LogP contribution in [0, 0.1) is 5.92 Å². The van der Waals surface area contributed by atoms with Crippen LogP contribution >= 0.6 is 0 Å². The zero-order valence-corrected chi connectivity index (χ0v) is 12.4. The van der Waals surface area contributed by atoms with E-state index in [1.165, 1.54) is 0 Å². The Labute approximate surface area is 117 Å². The molecule has 0 radical (unpaired) electrons. The minimum absolute atomic E-state index is 0.0563. The van der Waals surface area contributed by atoms with Crippen LogP contribution in [0.4, 0.5) is 0 Å². The van der Waals surface area contributed by atoms with Crippen molar-refractivity contribution in [2.24, 2.45) is 11.7 Å². The lowest BCUT2D eigenvalue weighted by atomic mass is 9.94. The van der Waals surface area contributed by atoms with Gasteiger partial charge in [0.05, 0.1) is 6.10 Å². The number of ether oxygens (including phenoxy) is 2. The van der Waals surface area contributed by atoms with Gasteiger partial charge in [0, 0.05) is 20.0 Å². The van der Waals surface area contributed by atoms with Gasteiger partial charge in [-0.05, 0) is 44.6 Å². The van der Waals surface area contributed by atoms with Crippen LogP contribution < -0.4 is 5.73 Å². The monoisotopic (exact) mass is 271 g/mol. The second kappa shape index (κ2) is 9.32. The lowest BCUT2D eigenvalue weighted by Crippen LogP contribution is -2.29. The number of methoxy groups -OCH3 is 1. The summed E-state index contributed by atoms with van der Waals surface area (Å²) < 4.78 is 10.9. The minimum atomic E-state index is -0.0581. The van der Waals surface area contributed by atoms with Gasteiger partial charge in [0.1, 0.15) is 6.10 Å². The Bertz CT molecular complexity index is 258. The third kappa shape index (κ3) is 6.39. The first-order chi connectivity index (χ1) is 9.19. The molecular formula is C15H29NO3. The van der Waals surface area contributed by atoms with Crippen LogP contribution in [0.2, 0.25) is 0 Å². The second-order valence-corrected chi connectivity index (χ2v) is 5.53. The van der Waals surface area contributed by atoms with E-state index in [-0.39, 0.29) is 18.2 Å². The average Bonchev–Trinajstić information content (AvgIpc) is 2.43. The summed E-state index contributed by atoms with van der Waals surface area (Å²) in [5, 5.41) is 0. The number of carbonyl (C=O) groups is 1. The van der Waals surface area contributed by atoms with Crippen LogP contribution in [-0.4, -0.2) is 31.8 Å². The Morgan fingerprint density at radius 2 is 2.05 bits per heavy atom. The van der Waals surface area contributed by atoms with Crippen LogP contribution in [0.5, 0.6) is 0 Å². The molecule has 0 saturated heterocycles. The van der Waals surface area contributed by atoms with Gasteiger partial charge in [-0.25, -0.2) is 0 Å². The summed E-state index contributed by atoms with van der Waals surface area (Å²) in [6.07, 6.45) is 7.81. The van der Waals surface area contributed by atoms with Gasteiger partial charge in [0.25, 0.3) is 0 Å². The molecule has 3 atom stereocenters. The van der Waals surface area contributed by atoms with Crippen LogP contribution in [0.25, 0.3) is 0 Å². The number of carbonyl (C=O) groups excluding carboxylic acids is 1. The van der Waals surface area contributed by atoms with Gasteiger partial charge in [0.15, 0.2) is 0 Å². The van der Waals surface area contributed by atoms with Gasteiger partial charge >= 0.3 is 5.97 Å². The molecule has 112 valence electrons. The van der Waals surface area contributed by atoms with E-state index in [1.807, 2.05) is 0 Å². The van der Waals surface area contributed by atoms with Crippen LogP contribution in [0.15, 0.2) is 0 Å². The molecular weight excluding hydrogens is 242 g/mol. The summed E-state index contributed by atoms with van der Waals surface area (Å²) in [7, 11) is 1.73. The molecule has 0 aromatic rings. The summed E-state index contributed by atoms with van der Waals surface area (Å²) >= 11 is 0. The van der Waals surface area contributed by atoms with E-state index in [4.69, 9.17) is 15.2 Å². The third-order valence-electron chi connectivity index (χ3n) is 4.12. The molecule has 0 spiro atoms. The predicted octanol–water partition coefficient (Wildman–Crippen LogP) is 2.64. The van der Waals surface area contributed by atoms with Crippen molar-refractivity contribution >= 4 is 5.97 Å². The first-order valence-corrected chi connectivity index (χ1v) is 7.61. The smallest absolute Gasteiger partial charge is 0.306 e. The maximum Gasteiger partial charge on any atom is 0.306 e. The van der Waals surface area contributed by atoms with Crippen molar-refractivity contribution in [3.05, 3.63) is 0 Å². The van der Waals surface area contributed by atoms with Crippen molar-refractivity contribution in [2.45, 2.75) is 70.5 Å². The molecule has 0 aromatic heterocycles. The highest BCUT2D eigenvalue weighted by molar-refractivity contribution is 5.69. The molecule has 1 rings (SSSR count). The van der Waals surface area contributed by atoms with Crippen molar-refractivity contribution in [2.75, 3.05) is 13.7 Å². The fourth-order valence-corrected chi connectivity index (χ4v) is 2.78. The molecule has 4 nitrogen and oxygen atoms in total. The van der Waals surface area contributed by atoms with Crippen molar-refractivity contribution < 1.29 is 14.3 Å². The van der Waals surface area contributed by atoms with Crippen molar-refractivity contribution in [3.63, 3.8) is 0 Å². The van der Waals surface area contributed by atoms with E-state index in [0.29, 0.717) is 18.9 Å². The highest BCUT2D eigenvalue weighted by Gasteiger charge is 2.24. The number of hydrogen-bond acceptors (Lipinski definition) is 4. The molecule has 0 amide bonds. The molecule has 0 bridgehead atoms. The van der Waals surface area contributed by atoms with E-state index in [9.17, 15) is 4.79 Å². The van der Waals surface area contributed by atoms with Gasteiger partial charge in [-0.15, -0.1) is 0 Å². The Hall–Kier alpha value is -0.610. The first-order valence-electron chi connectivity index (χ1n) is 7.61. The summed E-state index contributed by atoms with van der Waals surface area (Å²) in [5.41, 5.74) is 5.56. The molecule has 1 aliphatic rings. The number of esters is 1. The molecule has 0 aliphatic heterocycles. The second-order valence-electron chi connectivity index (χ2n) is 5.53. The predicted molar refractivity (Wildman–Crippen MR) is 75.8 cm³/mol. The average molecular weight is 271 g/mol. The highest BCUT2D eigenvalue weighted by atomic mass is 16.5. The summed E-state index contributed by atoms with van der Waals surface area (Å²) in [6.45, 7) is 2.85. The van der Waals surface area contributed by atoms with Gasteiger partial charge in [-0.1, -0.05) is 13.3 Å². The topological polar surface area (TPSA) is 61.6 Å². The molecule has 1 aliphatic carbocycles. The fourth-order valence-electron chi connectivity index (χ4n) is 2.78. The van der Waals surface area contributed by atoms with Gasteiger partial charge in [-0.2, -0.15) is 0 Å². The largest absolute Gasteiger partial charge is 0.462 e. The Balaban J connectivity index is 2.22. The van der Waals surface area contributed by atoms with E-state index in [0.717, 1.165) is 44.9 Å². The van der Waals surface area contributed by atoms with Gasteiger partial charge in [0.2, 0.25) is 0 Å². The third-order valence-corrected chi connectivity index (χ3v) is 4.12. The normalized spacial score (nSPS) is 25.0. The summed E-state index contributed by atoms with van der Waals surface area (Å²) in [4.78, 5) is 11.8. The SMILES string of the molecule is CCC(CCN)CCC(=O)OC1CCCC(OC)C1. The maximum absolute atomic E-state index is 11.8. The maximum atomic E-state index is 11.8. The molecule has 0 aromatic carbocycles. The van der Waals surface area contributed by atoms with Crippen LogP contribution in [0.1, 0.15) is 58.3 Å². The minimum Gasteiger partial charge on any atom is -0.462 e. The molecule has 1 saturated carbocycles. The molecule has 0 heterocycles. The summed E-state index contributed by atoms with van der Waals surface area (Å²) in [5.74, 6) is 0.493. The summed E-state index contributed by atoms with van der Waals surface area (Å²) in [6, 6.07) is 0. The standard InChI is InChI=1S/C15H29NO3/c1-3-12(9-10-16)7-8-15(17)19-14-6-4-5-13(11-14)18-2/h12-14H,3-11,16H2,1-2H3. The zero-order chi connectivity index (χ0) is 14.1. The molecule has 19 heavy (non-hydrogen) atoms. The van der Waals surface area contributed by atoms with E-state index >= 15 is 0 Å². The van der Waals surface area contributed by atoms with Crippen molar-refractivity contribution in [3.8, 4) is 0 Å². The molecule has 2 N–H and O–H groups in total.